The van der Waals surface area contributed by atoms with Gasteiger partial charge in [0.15, 0.2) is 6.23 Å². The van der Waals surface area contributed by atoms with Crippen LogP contribution >= 0.6 is 31.9 Å². The second-order valence-corrected chi connectivity index (χ2v) is 6.66. The smallest absolute Gasteiger partial charge is 0.326 e. The molecule has 9 heteroatoms. The first-order chi connectivity index (χ1) is 7.26. The highest BCUT2D eigenvalue weighted by molar-refractivity contribution is 9.26. The summed E-state index contributed by atoms with van der Waals surface area (Å²) >= 11 is 5.82. The quantitative estimate of drug-likeness (QED) is 0.606. The van der Waals surface area contributed by atoms with E-state index in [4.69, 9.17) is 5.11 Å². The SMILES string of the molecule is O=C(O)CCN1C(=O)NC(=O)C(Br)(Br)C1O. The molecule has 0 bridgehead atoms. The number of aliphatic hydroxyl groups is 1. The van der Waals surface area contributed by atoms with Gasteiger partial charge in [-0.05, 0) is 0 Å². The first-order valence-electron chi connectivity index (χ1n) is 4.16. The van der Waals surface area contributed by atoms with Crippen LogP contribution in [-0.2, 0) is 9.59 Å². The molecule has 1 atom stereocenters. The summed E-state index contributed by atoms with van der Waals surface area (Å²) in [5.74, 6) is -1.84. The number of amides is 3. The number of imide groups is 1. The second-order valence-electron chi connectivity index (χ2n) is 3.09. The third-order valence-corrected chi connectivity index (χ3v) is 3.51. The number of aliphatic carboxylic acids is 1. The molecule has 1 unspecified atom stereocenters. The molecule has 0 saturated carbocycles. The monoisotopic (exact) mass is 358 g/mol. The number of nitrogens with zero attached hydrogens (tertiary/aromatic N) is 1. The molecule has 1 saturated heterocycles. The Bertz CT molecular complexity index is 346. The number of carboxylic acids is 1. The molecule has 0 aromatic carbocycles. The van der Waals surface area contributed by atoms with E-state index in [-0.39, 0.29) is 13.0 Å². The molecule has 3 amide bonds. The van der Waals surface area contributed by atoms with Crippen molar-refractivity contribution in [1.82, 2.24) is 10.2 Å². The van der Waals surface area contributed by atoms with Crippen molar-refractivity contribution >= 4 is 49.8 Å². The van der Waals surface area contributed by atoms with Crippen molar-refractivity contribution in [3.05, 3.63) is 0 Å². The molecule has 1 aliphatic heterocycles. The summed E-state index contributed by atoms with van der Waals surface area (Å²) in [6.07, 6.45) is -1.80. The highest BCUT2D eigenvalue weighted by Crippen LogP contribution is 2.35. The molecule has 3 N–H and O–H groups in total. The molecule has 0 radical (unpaired) electrons. The van der Waals surface area contributed by atoms with Gasteiger partial charge in [0.2, 0.25) is 3.23 Å². The van der Waals surface area contributed by atoms with Crippen molar-refractivity contribution < 1.29 is 24.6 Å². The fourth-order valence-corrected chi connectivity index (χ4v) is 1.81. The third kappa shape index (κ3) is 2.53. The fraction of sp³-hybridized carbons (Fsp3) is 0.571. The first kappa shape index (κ1) is 13.4. The highest BCUT2D eigenvalue weighted by atomic mass is 79.9. The molecule has 0 aliphatic carbocycles. The first-order valence-corrected chi connectivity index (χ1v) is 5.75. The maximum Gasteiger partial charge on any atom is 0.326 e. The molecular formula is C7H8Br2N2O5. The average molecular weight is 360 g/mol. The summed E-state index contributed by atoms with van der Waals surface area (Å²) in [7, 11) is 0. The minimum absolute atomic E-state index is 0.200. The van der Waals surface area contributed by atoms with E-state index >= 15 is 0 Å². The number of hydrogen-bond acceptors (Lipinski definition) is 4. The summed E-state index contributed by atoms with van der Waals surface area (Å²) < 4.78 is -1.52. The Labute approximate surface area is 107 Å². The van der Waals surface area contributed by atoms with E-state index in [2.05, 4.69) is 31.9 Å². The van der Waals surface area contributed by atoms with Gasteiger partial charge in [-0.25, -0.2) is 4.79 Å². The van der Waals surface area contributed by atoms with Gasteiger partial charge >= 0.3 is 12.0 Å². The number of rotatable bonds is 3. The Morgan fingerprint density at radius 2 is 2.06 bits per heavy atom. The van der Waals surface area contributed by atoms with Gasteiger partial charge in [0.1, 0.15) is 0 Å². The summed E-state index contributed by atoms with van der Waals surface area (Å²) in [5.41, 5.74) is 0. The van der Waals surface area contributed by atoms with Crippen molar-refractivity contribution in [2.45, 2.75) is 15.9 Å². The molecule has 1 rings (SSSR count). The zero-order chi connectivity index (χ0) is 12.5. The van der Waals surface area contributed by atoms with Crippen LogP contribution in [0, 0.1) is 0 Å². The van der Waals surface area contributed by atoms with Gasteiger partial charge in [-0.3, -0.25) is 19.8 Å². The van der Waals surface area contributed by atoms with Crippen molar-refractivity contribution in [2.75, 3.05) is 6.54 Å². The number of carbonyl (C=O) groups is 3. The normalized spacial score (nSPS) is 24.2. The predicted molar refractivity (Wildman–Crippen MR) is 59.1 cm³/mol. The van der Waals surface area contributed by atoms with Crippen molar-refractivity contribution in [2.24, 2.45) is 0 Å². The van der Waals surface area contributed by atoms with Crippen LogP contribution in [0.1, 0.15) is 6.42 Å². The van der Waals surface area contributed by atoms with E-state index in [0.29, 0.717) is 0 Å². The van der Waals surface area contributed by atoms with Crippen LogP contribution in [0.15, 0.2) is 0 Å². The largest absolute Gasteiger partial charge is 0.481 e. The Kier molecular flexibility index (Phi) is 3.92. The van der Waals surface area contributed by atoms with Gasteiger partial charge in [0.05, 0.1) is 6.42 Å². The molecule has 0 spiro atoms. The van der Waals surface area contributed by atoms with Crippen LogP contribution in [0.25, 0.3) is 0 Å². The number of halogens is 2. The van der Waals surface area contributed by atoms with E-state index < -0.39 is 27.4 Å². The molecule has 7 nitrogen and oxygen atoms in total. The molecule has 1 fully saturated rings. The number of carbonyl (C=O) groups excluding carboxylic acids is 2. The van der Waals surface area contributed by atoms with Gasteiger partial charge in [0.25, 0.3) is 5.91 Å². The van der Waals surface area contributed by atoms with Crippen LogP contribution in [0.4, 0.5) is 4.79 Å². The molecule has 0 aromatic heterocycles. The van der Waals surface area contributed by atoms with Gasteiger partial charge in [-0.2, -0.15) is 0 Å². The van der Waals surface area contributed by atoms with Gasteiger partial charge in [-0.1, -0.05) is 31.9 Å². The van der Waals surface area contributed by atoms with Gasteiger partial charge < -0.3 is 10.2 Å². The number of nitrogens with one attached hydrogen (secondary N) is 1. The standard InChI is InChI=1S/C7H8Br2N2O5/c8-7(9)4(14)10-6(16)11(5(7)15)2-1-3(12)13/h5,15H,1-2H2,(H,12,13)(H,10,14,16). The van der Waals surface area contributed by atoms with Crippen LogP contribution in [0.3, 0.4) is 0 Å². The van der Waals surface area contributed by atoms with Crippen LogP contribution in [0.2, 0.25) is 0 Å². The number of carboxylic acid groups (broad SMARTS) is 1. The number of aliphatic hydroxyl groups excluding tert-OH is 1. The summed E-state index contributed by atoms with van der Waals surface area (Å²) in [4.78, 5) is 33.8. The highest BCUT2D eigenvalue weighted by Gasteiger charge is 2.50. The predicted octanol–water partition coefficient (Wildman–Crippen LogP) is -0.183. The molecule has 90 valence electrons. The van der Waals surface area contributed by atoms with Crippen molar-refractivity contribution in [1.29, 1.82) is 0 Å². The van der Waals surface area contributed by atoms with E-state index in [1.165, 1.54) is 0 Å². The number of urea groups is 1. The third-order valence-electron chi connectivity index (χ3n) is 1.97. The Morgan fingerprint density at radius 1 is 1.50 bits per heavy atom. The minimum Gasteiger partial charge on any atom is -0.481 e. The minimum atomic E-state index is -1.52. The van der Waals surface area contributed by atoms with Crippen molar-refractivity contribution in [3.8, 4) is 0 Å². The van der Waals surface area contributed by atoms with Crippen LogP contribution in [-0.4, -0.2) is 49.0 Å². The lowest BCUT2D eigenvalue weighted by Crippen LogP contribution is -2.65. The topological polar surface area (TPSA) is 107 Å². The molecule has 1 aliphatic rings. The molecule has 16 heavy (non-hydrogen) atoms. The van der Waals surface area contributed by atoms with Gasteiger partial charge in [0, 0.05) is 6.54 Å². The number of alkyl halides is 2. The van der Waals surface area contributed by atoms with E-state index in [9.17, 15) is 19.5 Å². The summed E-state index contributed by atoms with van der Waals surface area (Å²) in [6.45, 7) is -0.200. The van der Waals surface area contributed by atoms with Crippen LogP contribution in [0.5, 0.6) is 0 Å². The average Bonchev–Trinajstić information content (AvgIpc) is 2.15. The Morgan fingerprint density at radius 3 is 2.56 bits per heavy atom. The van der Waals surface area contributed by atoms with Gasteiger partial charge in [-0.15, -0.1) is 0 Å². The fourth-order valence-electron chi connectivity index (χ4n) is 1.12. The Hall–Kier alpha value is -0.670. The lowest BCUT2D eigenvalue weighted by Gasteiger charge is -2.38. The molecule has 1 heterocycles. The lowest BCUT2D eigenvalue weighted by atomic mass is 10.2. The van der Waals surface area contributed by atoms with E-state index in [1.807, 2.05) is 5.32 Å². The maximum absolute atomic E-state index is 11.3. The van der Waals surface area contributed by atoms with Crippen molar-refractivity contribution in [3.63, 3.8) is 0 Å². The Balaban J connectivity index is 2.80. The number of hydrogen-bond donors (Lipinski definition) is 3. The zero-order valence-corrected chi connectivity index (χ0v) is 11.0. The van der Waals surface area contributed by atoms with E-state index in [0.717, 1.165) is 4.90 Å². The second kappa shape index (κ2) is 4.68. The molecular weight excluding hydrogens is 352 g/mol. The molecule has 0 aromatic rings. The maximum atomic E-state index is 11.3. The lowest BCUT2D eigenvalue weighted by molar-refractivity contribution is -0.137. The summed E-state index contributed by atoms with van der Waals surface area (Å²) in [5, 5.41) is 20.2. The van der Waals surface area contributed by atoms with Crippen LogP contribution < -0.4 is 5.32 Å². The van der Waals surface area contributed by atoms with E-state index in [1.54, 1.807) is 0 Å². The zero-order valence-electron chi connectivity index (χ0n) is 7.81. The summed E-state index contributed by atoms with van der Waals surface area (Å²) in [6, 6.07) is -0.826.